The summed E-state index contributed by atoms with van der Waals surface area (Å²) in [7, 11) is 1.59. The molecule has 1 aromatic carbocycles. The Balaban J connectivity index is 1.96. The molecular formula is C20H28N2O3. The number of benzene rings is 1. The largest absolute Gasteiger partial charge is 0.497 e. The van der Waals surface area contributed by atoms with Crippen molar-refractivity contribution in [2.24, 2.45) is 16.8 Å². The lowest BCUT2D eigenvalue weighted by molar-refractivity contribution is -0.126. The molecule has 2 rings (SSSR count). The highest BCUT2D eigenvalue weighted by molar-refractivity contribution is 5.86. The van der Waals surface area contributed by atoms with Gasteiger partial charge in [0.25, 0.3) is 5.91 Å². The maximum Gasteiger partial charge on any atom is 0.253 e. The van der Waals surface area contributed by atoms with Crippen LogP contribution >= 0.6 is 0 Å². The highest BCUT2D eigenvalue weighted by Gasteiger charge is 2.20. The monoisotopic (exact) mass is 344 g/mol. The van der Waals surface area contributed by atoms with Gasteiger partial charge in [0.15, 0.2) is 0 Å². The van der Waals surface area contributed by atoms with Gasteiger partial charge in [0.1, 0.15) is 5.75 Å². The molecule has 136 valence electrons. The third-order valence-corrected chi connectivity index (χ3v) is 4.57. The van der Waals surface area contributed by atoms with Crippen molar-refractivity contribution in [1.82, 2.24) is 5.32 Å². The lowest BCUT2D eigenvalue weighted by atomic mass is 9.96. The minimum Gasteiger partial charge on any atom is -0.497 e. The molecule has 0 radical (unpaired) electrons. The van der Waals surface area contributed by atoms with Crippen molar-refractivity contribution >= 4 is 17.9 Å². The summed E-state index contributed by atoms with van der Waals surface area (Å²) in [5.41, 5.74) is 0. The number of fused-ring (bicyclic) bond motifs is 1. The standard InChI is InChI=1S/C20H28N2O3/c1-4-6-14(7-5-2)19(23)21-11-10-16-12-15-8-9-17(25-3)13-18(15)22-20(16)24/h8-9,12-14,16H,4-7,10-11H2,1-3H3,(H,21,23). The van der Waals surface area contributed by atoms with Crippen LogP contribution in [0.1, 0.15) is 46.0 Å². The highest BCUT2D eigenvalue weighted by Crippen LogP contribution is 2.14. The number of hydrogen-bond donors (Lipinski definition) is 1. The Labute approximate surface area is 149 Å². The average molecular weight is 344 g/mol. The normalized spacial score (nSPS) is 16.0. The predicted molar refractivity (Wildman–Crippen MR) is 97.7 cm³/mol. The first-order valence-electron chi connectivity index (χ1n) is 9.15. The van der Waals surface area contributed by atoms with Crippen LogP contribution in [-0.2, 0) is 9.59 Å². The van der Waals surface area contributed by atoms with E-state index in [1.54, 1.807) is 13.2 Å². The zero-order valence-electron chi connectivity index (χ0n) is 15.4. The van der Waals surface area contributed by atoms with Gasteiger partial charge in [-0.25, -0.2) is 4.99 Å². The fraction of sp³-hybridized carbons (Fsp3) is 0.550. The van der Waals surface area contributed by atoms with Crippen LogP contribution in [0, 0.1) is 11.8 Å². The van der Waals surface area contributed by atoms with Crippen molar-refractivity contribution in [1.29, 1.82) is 0 Å². The molecule has 1 unspecified atom stereocenters. The van der Waals surface area contributed by atoms with E-state index in [2.05, 4.69) is 24.2 Å². The summed E-state index contributed by atoms with van der Waals surface area (Å²) in [5, 5.41) is 4.57. The maximum absolute atomic E-state index is 12.3. The van der Waals surface area contributed by atoms with E-state index >= 15 is 0 Å². The number of carbonyl (C=O) groups excluding carboxylic acids is 2. The first-order chi connectivity index (χ1) is 12.1. The molecule has 0 aliphatic carbocycles. The van der Waals surface area contributed by atoms with Gasteiger partial charge >= 0.3 is 0 Å². The van der Waals surface area contributed by atoms with Gasteiger partial charge in [-0.05, 0) is 36.6 Å². The lowest BCUT2D eigenvalue weighted by Crippen LogP contribution is -2.36. The molecule has 0 saturated carbocycles. The van der Waals surface area contributed by atoms with Gasteiger partial charge in [-0.1, -0.05) is 32.8 Å². The van der Waals surface area contributed by atoms with Gasteiger partial charge < -0.3 is 10.1 Å². The number of methoxy groups -OCH3 is 1. The minimum atomic E-state index is -0.281. The van der Waals surface area contributed by atoms with Crippen LogP contribution < -0.4 is 20.6 Å². The Morgan fingerprint density at radius 1 is 1.28 bits per heavy atom. The van der Waals surface area contributed by atoms with Gasteiger partial charge in [0.05, 0.1) is 18.4 Å². The average Bonchev–Trinajstić information content (AvgIpc) is 2.61. The molecule has 5 heteroatoms. The molecule has 1 aliphatic heterocycles. The molecule has 1 heterocycles. The second kappa shape index (κ2) is 9.35. The molecule has 5 nitrogen and oxygen atoms in total. The van der Waals surface area contributed by atoms with E-state index < -0.39 is 0 Å². The Hall–Kier alpha value is -2.17. The molecule has 25 heavy (non-hydrogen) atoms. The van der Waals surface area contributed by atoms with Gasteiger partial charge in [0.2, 0.25) is 5.91 Å². The van der Waals surface area contributed by atoms with E-state index in [1.807, 2.05) is 18.2 Å². The Bertz CT molecular complexity index is 721. The molecule has 2 amide bonds. The van der Waals surface area contributed by atoms with Gasteiger partial charge in [-0.2, -0.15) is 0 Å². The molecule has 1 atom stereocenters. The molecule has 0 saturated heterocycles. The molecular weight excluding hydrogens is 316 g/mol. The first kappa shape index (κ1) is 19.2. The number of amides is 2. The minimum absolute atomic E-state index is 0.0823. The summed E-state index contributed by atoms with van der Waals surface area (Å²) in [4.78, 5) is 28.7. The van der Waals surface area contributed by atoms with E-state index in [4.69, 9.17) is 4.74 Å². The third kappa shape index (κ3) is 5.15. The van der Waals surface area contributed by atoms with Crippen LogP contribution in [0.3, 0.4) is 0 Å². The molecule has 0 aromatic heterocycles. The Morgan fingerprint density at radius 3 is 2.64 bits per heavy atom. The van der Waals surface area contributed by atoms with Crippen molar-refractivity contribution in [3.8, 4) is 5.75 Å². The SMILES string of the molecule is CCCC(CCC)C(=O)NCCC1C=c2ccc(OC)cc2=NC1=O. The molecule has 1 N–H and O–H groups in total. The van der Waals surface area contributed by atoms with Crippen molar-refractivity contribution < 1.29 is 14.3 Å². The fourth-order valence-corrected chi connectivity index (χ4v) is 3.18. The topological polar surface area (TPSA) is 67.8 Å². The highest BCUT2D eigenvalue weighted by atomic mass is 16.5. The van der Waals surface area contributed by atoms with Crippen LogP contribution in [0.4, 0.5) is 0 Å². The molecule has 0 spiro atoms. The van der Waals surface area contributed by atoms with Gasteiger partial charge in [-0.15, -0.1) is 0 Å². The summed E-state index contributed by atoms with van der Waals surface area (Å²) < 4.78 is 5.16. The molecule has 0 bridgehead atoms. The van der Waals surface area contributed by atoms with Crippen LogP contribution in [0.5, 0.6) is 5.75 Å². The lowest BCUT2D eigenvalue weighted by Gasteiger charge is -2.17. The number of hydrogen-bond acceptors (Lipinski definition) is 3. The number of ether oxygens (including phenoxy) is 1. The fourth-order valence-electron chi connectivity index (χ4n) is 3.18. The smallest absolute Gasteiger partial charge is 0.253 e. The van der Waals surface area contributed by atoms with Crippen molar-refractivity contribution in [2.45, 2.75) is 46.0 Å². The second-order valence-corrected chi connectivity index (χ2v) is 6.50. The predicted octanol–water partition coefficient (Wildman–Crippen LogP) is 1.97. The van der Waals surface area contributed by atoms with Crippen LogP contribution in [0.2, 0.25) is 0 Å². The summed E-state index contributed by atoms with van der Waals surface area (Å²) in [6.07, 6.45) is 6.35. The van der Waals surface area contributed by atoms with Crippen LogP contribution in [-0.4, -0.2) is 25.5 Å². The Morgan fingerprint density at radius 2 is 2.00 bits per heavy atom. The zero-order chi connectivity index (χ0) is 18.2. The van der Waals surface area contributed by atoms with E-state index in [0.717, 1.165) is 30.9 Å². The van der Waals surface area contributed by atoms with Crippen molar-refractivity contribution in [2.75, 3.05) is 13.7 Å². The third-order valence-electron chi connectivity index (χ3n) is 4.57. The Kier molecular flexibility index (Phi) is 7.16. The van der Waals surface area contributed by atoms with Crippen LogP contribution in [0.25, 0.3) is 6.08 Å². The second-order valence-electron chi connectivity index (χ2n) is 6.50. The quantitative estimate of drug-likeness (QED) is 0.745. The van der Waals surface area contributed by atoms with E-state index in [0.29, 0.717) is 24.1 Å². The first-order valence-corrected chi connectivity index (χ1v) is 9.15. The number of carbonyl (C=O) groups is 2. The summed E-state index contributed by atoms with van der Waals surface area (Å²) in [6, 6.07) is 5.54. The van der Waals surface area contributed by atoms with Crippen molar-refractivity contribution in [3.05, 3.63) is 28.8 Å². The number of nitrogens with zero attached hydrogens (tertiary/aromatic N) is 1. The number of rotatable bonds is 9. The maximum atomic E-state index is 12.3. The number of nitrogens with one attached hydrogen (secondary N) is 1. The van der Waals surface area contributed by atoms with Gasteiger partial charge in [-0.3, -0.25) is 9.59 Å². The van der Waals surface area contributed by atoms with E-state index in [1.165, 1.54) is 0 Å². The molecule has 1 aliphatic rings. The van der Waals surface area contributed by atoms with E-state index in [9.17, 15) is 9.59 Å². The molecule has 0 fully saturated rings. The summed E-state index contributed by atoms with van der Waals surface area (Å²) >= 11 is 0. The zero-order valence-corrected chi connectivity index (χ0v) is 15.4. The van der Waals surface area contributed by atoms with Gasteiger partial charge in [0, 0.05) is 18.5 Å². The van der Waals surface area contributed by atoms with E-state index in [-0.39, 0.29) is 23.7 Å². The summed E-state index contributed by atoms with van der Waals surface area (Å²) in [6.45, 7) is 4.69. The molecule has 1 aromatic rings. The van der Waals surface area contributed by atoms with Crippen LogP contribution in [0.15, 0.2) is 23.2 Å². The van der Waals surface area contributed by atoms with Crippen molar-refractivity contribution in [3.63, 3.8) is 0 Å². The summed E-state index contributed by atoms with van der Waals surface area (Å²) in [5.74, 6) is 0.436.